The number of aliphatic hydroxyl groups is 1. The highest BCUT2D eigenvalue weighted by Gasteiger charge is 2.00. The molecule has 0 aromatic rings. The molecule has 0 aliphatic heterocycles. The van der Waals surface area contributed by atoms with Crippen molar-refractivity contribution in [1.82, 2.24) is 0 Å². The minimum absolute atomic E-state index is 0.0289. The summed E-state index contributed by atoms with van der Waals surface area (Å²) in [6.45, 7) is 9.05. The summed E-state index contributed by atoms with van der Waals surface area (Å²) in [4.78, 5) is 0. The van der Waals surface area contributed by atoms with Crippen LogP contribution in [-0.4, -0.2) is 143 Å². The summed E-state index contributed by atoms with van der Waals surface area (Å²) in [5, 5.41) is 8.46. The van der Waals surface area contributed by atoms with Crippen molar-refractivity contribution >= 4 is 15.9 Å². The molecule has 0 amide bonds. The van der Waals surface area contributed by atoms with E-state index in [9.17, 15) is 0 Å². The van der Waals surface area contributed by atoms with E-state index in [0.717, 1.165) is 0 Å². The third kappa shape index (κ3) is 30.0. The van der Waals surface area contributed by atoms with E-state index in [0.29, 0.717) is 119 Å². The number of hydrogen-bond acceptors (Lipinski definition) is 11. The zero-order valence-electron chi connectivity index (χ0n) is 19.9. The molecule has 0 aromatic carbocycles. The van der Waals surface area contributed by atoms with Gasteiger partial charge in [0.25, 0.3) is 0 Å². The Kier molecular flexibility index (Phi) is 30.1. The Morgan fingerprint density at radius 1 is 0.455 bits per heavy atom. The van der Waals surface area contributed by atoms with E-state index in [1.165, 1.54) is 0 Å². The smallest absolute Gasteiger partial charge is 0.135 e. The Bertz CT molecular complexity index is 356. The molecule has 200 valence electrons. The van der Waals surface area contributed by atoms with Crippen molar-refractivity contribution < 1.29 is 52.5 Å². The van der Waals surface area contributed by atoms with E-state index in [2.05, 4.69) is 15.9 Å². The van der Waals surface area contributed by atoms with Gasteiger partial charge in [-0.15, -0.1) is 0 Å². The first-order valence-electron chi connectivity index (χ1n) is 11.3. The monoisotopic (exact) mass is 550 g/mol. The highest BCUT2D eigenvalue weighted by molar-refractivity contribution is 9.09. The fraction of sp³-hybridized carbons (Fsp3) is 1.00. The standard InChI is InChI=1S/C21H43BrO11/c1-24-21(22)20-33-19-18-32-17-16-31-15-14-30-13-12-29-11-10-28-9-8-27-7-6-26-5-4-25-3-2-23/h21,23H,2-20H2,1H3. The SMILES string of the molecule is COC(Br)COCCOCCOCCOCCOCCOCCOCCOCCOCCO. The van der Waals surface area contributed by atoms with E-state index < -0.39 is 0 Å². The van der Waals surface area contributed by atoms with Gasteiger partial charge < -0.3 is 52.5 Å². The lowest BCUT2D eigenvalue weighted by Crippen LogP contribution is -2.16. The van der Waals surface area contributed by atoms with Crippen molar-refractivity contribution in [2.45, 2.75) is 5.01 Å². The lowest BCUT2D eigenvalue weighted by atomic mass is 10.6. The lowest BCUT2D eigenvalue weighted by Gasteiger charge is -2.09. The molecular formula is C21H43BrO11. The topological polar surface area (TPSA) is 113 Å². The Labute approximate surface area is 206 Å². The third-order valence-electron chi connectivity index (χ3n) is 3.72. The van der Waals surface area contributed by atoms with Crippen molar-refractivity contribution in [3.05, 3.63) is 0 Å². The van der Waals surface area contributed by atoms with Crippen molar-refractivity contribution in [3.63, 3.8) is 0 Å². The van der Waals surface area contributed by atoms with Crippen LogP contribution >= 0.6 is 15.9 Å². The van der Waals surface area contributed by atoms with Gasteiger partial charge in [0, 0.05) is 7.11 Å². The van der Waals surface area contributed by atoms with Crippen LogP contribution in [0, 0.1) is 0 Å². The highest BCUT2D eigenvalue weighted by Crippen LogP contribution is 1.99. The first-order valence-corrected chi connectivity index (χ1v) is 12.2. The van der Waals surface area contributed by atoms with Gasteiger partial charge in [0.15, 0.2) is 0 Å². The number of hydrogen-bond donors (Lipinski definition) is 1. The fourth-order valence-electron chi connectivity index (χ4n) is 2.07. The summed E-state index contributed by atoms with van der Waals surface area (Å²) in [5.41, 5.74) is 0. The lowest BCUT2D eigenvalue weighted by molar-refractivity contribution is -0.0267. The highest BCUT2D eigenvalue weighted by atomic mass is 79.9. The quantitative estimate of drug-likeness (QED) is 0.104. The molecule has 0 aliphatic carbocycles. The molecule has 1 unspecified atom stereocenters. The number of methoxy groups -OCH3 is 1. The molecular weight excluding hydrogens is 508 g/mol. The average Bonchev–Trinajstić information content (AvgIpc) is 2.83. The normalized spacial score (nSPS) is 12.5. The third-order valence-corrected chi connectivity index (χ3v) is 4.35. The van der Waals surface area contributed by atoms with Gasteiger partial charge in [-0.2, -0.15) is 0 Å². The van der Waals surface area contributed by atoms with E-state index in [-0.39, 0.29) is 11.6 Å². The maximum atomic E-state index is 8.54. The predicted octanol–water partition coefficient (Wildman–Crippen LogP) is 0.496. The van der Waals surface area contributed by atoms with Crippen molar-refractivity contribution in [1.29, 1.82) is 0 Å². The molecule has 0 aliphatic rings. The van der Waals surface area contributed by atoms with Gasteiger partial charge in [-0.05, 0) is 0 Å². The van der Waals surface area contributed by atoms with Gasteiger partial charge >= 0.3 is 0 Å². The maximum absolute atomic E-state index is 8.54. The first kappa shape index (κ1) is 33.0. The zero-order chi connectivity index (χ0) is 24.1. The summed E-state index contributed by atoms with van der Waals surface area (Å²) in [7, 11) is 1.62. The molecule has 0 aromatic heterocycles. The van der Waals surface area contributed by atoms with Crippen LogP contribution in [-0.2, 0) is 47.4 Å². The van der Waals surface area contributed by atoms with Gasteiger partial charge in [0.1, 0.15) is 5.01 Å². The summed E-state index contributed by atoms with van der Waals surface area (Å²) in [6, 6.07) is 0. The molecule has 0 radical (unpaired) electrons. The molecule has 0 rings (SSSR count). The summed E-state index contributed by atoms with van der Waals surface area (Å²) in [5.74, 6) is 0. The molecule has 0 fully saturated rings. The number of ether oxygens (including phenoxy) is 10. The van der Waals surface area contributed by atoms with Gasteiger partial charge in [0.2, 0.25) is 0 Å². The Balaban J connectivity index is 3.01. The number of aliphatic hydroxyl groups excluding tert-OH is 1. The molecule has 0 saturated carbocycles. The van der Waals surface area contributed by atoms with E-state index in [1.54, 1.807) is 7.11 Å². The van der Waals surface area contributed by atoms with Crippen LogP contribution in [0.25, 0.3) is 0 Å². The fourth-order valence-corrected chi connectivity index (χ4v) is 2.25. The van der Waals surface area contributed by atoms with Crippen LogP contribution in [0.2, 0.25) is 0 Å². The first-order chi connectivity index (χ1) is 16.3. The van der Waals surface area contributed by atoms with Gasteiger partial charge in [0.05, 0.1) is 126 Å². The maximum Gasteiger partial charge on any atom is 0.135 e. The van der Waals surface area contributed by atoms with Gasteiger partial charge in [-0.3, -0.25) is 0 Å². The molecule has 12 heteroatoms. The van der Waals surface area contributed by atoms with Crippen LogP contribution in [0.5, 0.6) is 0 Å². The van der Waals surface area contributed by atoms with Crippen LogP contribution < -0.4 is 0 Å². The Morgan fingerprint density at radius 3 is 0.939 bits per heavy atom. The number of rotatable bonds is 29. The summed E-state index contributed by atoms with van der Waals surface area (Å²) < 4.78 is 53.2. The molecule has 0 spiro atoms. The van der Waals surface area contributed by atoms with Crippen molar-refractivity contribution in [3.8, 4) is 0 Å². The molecule has 0 saturated heterocycles. The predicted molar refractivity (Wildman–Crippen MR) is 124 cm³/mol. The average molecular weight is 551 g/mol. The van der Waals surface area contributed by atoms with E-state index in [4.69, 9.17) is 52.5 Å². The van der Waals surface area contributed by atoms with Crippen LogP contribution in [0.4, 0.5) is 0 Å². The van der Waals surface area contributed by atoms with Crippen LogP contribution in [0.15, 0.2) is 0 Å². The molecule has 0 heterocycles. The largest absolute Gasteiger partial charge is 0.394 e. The van der Waals surface area contributed by atoms with Gasteiger partial charge in [-0.25, -0.2) is 0 Å². The summed E-state index contributed by atoms with van der Waals surface area (Å²) in [6.07, 6.45) is 0. The molecule has 1 N–H and O–H groups in total. The second kappa shape index (κ2) is 30.1. The molecule has 11 nitrogen and oxygen atoms in total. The molecule has 0 bridgehead atoms. The van der Waals surface area contributed by atoms with Crippen molar-refractivity contribution in [2.75, 3.05) is 133 Å². The Morgan fingerprint density at radius 2 is 0.697 bits per heavy atom. The second-order valence-corrected chi connectivity index (χ2v) is 7.36. The van der Waals surface area contributed by atoms with E-state index >= 15 is 0 Å². The Hall–Kier alpha value is 0.0400. The second-order valence-electron chi connectivity index (χ2n) is 6.34. The van der Waals surface area contributed by atoms with Crippen LogP contribution in [0.3, 0.4) is 0 Å². The minimum Gasteiger partial charge on any atom is -0.394 e. The van der Waals surface area contributed by atoms with E-state index in [1.807, 2.05) is 0 Å². The zero-order valence-corrected chi connectivity index (χ0v) is 21.5. The van der Waals surface area contributed by atoms with Crippen LogP contribution in [0.1, 0.15) is 0 Å². The number of halogens is 1. The summed E-state index contributed by atoms with van der Waals surface area (Å²) >= 11 is 3.30. The molecule has 33 heavy (non-hydrogen) atoms. The van der Waals surface area contributed by atoms with Gasteiger partial charge in [-0.1, -0.05) is 15.9 Å². The van der Waals surface area contributed by atoms with Crippen molar-refractivity contribution in [2.24, 2.45) is 0 Å². The number of alkyl halides is 1. The molecule has 1 atom stereocenters. The minimum atomic E-state index is -0.0858.